The molecule has 7 heteroatoms. The number of fused-ring (bicyclic) bond motifs is 1. The van der Waals surface area contributed by atoms with Gasteiger partial charge in [-0.2, -0.15) is 5.26 Å². The molecule has 0 saturated heterocycles. The van der Waals surface area contributed by atoms with Crippen LogP contribution in [-0.4, -0.2) is 29.2 Å². The molecule has 2 amide bonds. The lowest BCUT2D eigenvalue weighted by Gasteiger charge is -2.07. The number of hydrogen-bond acceptors (Lipinski definition) is 5. The number of carbonyl (C=O) groups excluding carboxylic acids is 2. The highest BCUT2D eigenvalue weighted by atomic mass is 16.2. The van der Waals surface area contributed by atoms with Gasteiger partial charge >= 0.3 is 0 Å². The van der Waals surface area contributed by atoms with Crippen LogP contribution in [0.5, 0.6) is 0 Å². The molecule has 1 aliphatic heterocycles. The highest BCUT2D eigenvalue weighted by molar-refractivity contribution is 6.20. The molecule has 1 aromatic heterocycles. The lowest BCUT2D eigenvalue weighted by molar-refractivity contribution is -0.117. The lowest BCUT2D eigenvalue weighted by atomic mass is 10.0. The van der Waals surface area contributed by atoms with Crippen LogP contribution in [0.15, 0.2) is 59.4 Å². The van der Waals surface area contributed by atoms with E-state index in [9.17, 15) is 14.9 Å². The van der Waals surface area contributed by atoms with Crippen molar-refractivity contribution in [1.29, 1.82) is 5.26 Å². The fraction of sp³-hybridized carbons (Fsp3) is 0.227. The number of aromatic nitrogens is 1. The molecule has 7 nitrogen and oxygen atoms in total. The van der Waals surface area contributed by atoms with Crippen molar-refractivity contribution < 1.29 is 9.59 Å². The molecule has 2 N–H and O–H groups in total. The maximum Gasteiger partial charge on any atom is 0.264 e. The number of amidine groups is 1. The first-order valence-corrected chi connectivity index (χ1v) is 9.33. The largest absolute Gasteiger partial charge is 0.351 e. The molecule has 2 heterocycles. The molecule has 29 heavy (non-hydrogen) atoms. The molecule has 3 rings (SSSR count). The van der Waals surface area contributed by atoms with E-state index in [-0.39, 0.29) is 17.2 Å². The van der Waals surface area contributed by atoms with E-state index >= 15 is 0 Å². The van der Waals surface area contributed by atoms with Gasteiger partial charge in [-0.3, -0.25) is 14.6 Å². The number of carbonyl (C=O) groups is 2. The molecular weight excluding hydrogens is 366 g/mol. The summed E-state index contributed by atoms with van der Waals surface area (Å²) >= 11 is 0. The summed E-state index contributed by atoms with van der Waals surface area (Å²) in [6.07, 6.45) is 3.85. The summed E-state index contributed by atoms with van der Waals surface area (Å²) in [6.45, 7) is 4.60. The first-order valence-electron chi connectivity index (χ1n) is 9.33. The Morgan fingerprint density at radius 2 is 1.90 bits per heavy atom. The van der Waals surface area contributed by atoms with Crippen LogP contribution in [0.3, 0.4) is 0 Å². The molecular formula is C22H21N5O2. The van der Waals surface area contributed by atoms with Gasteiger partial charge in [0.15, 0.2) is 0 Å². The van der Waals surface area contributed by atoms with E-state index in [0.29, 0.717) is 35.0 Å². The topological polar surface area (TPSA) is 107 Å². The van der Waals surface area contributed by atoms with Crippen molar-refractivity contribution in [2.24, 2.45) is 10.9 Å². The second-order valence-electron chi connectivity index (χ2n) is 6.98. The van der Waals surface area contributed by atoms with Gasteiger partial charge in [0.1, 0.15) is 17.5 Å². The number of nitrogens with zero attached hydrogens (tertiary/aromatic N) is 3. The molecule has 2 aromatic rings. The maximum atomic E-state index is 12.5. The Labute approximate surface area is 169 Å². The molecule has 0 aliphatic carbocycles. The van der Waals surface area contributed by atoms with Gasteiger partial charge in [0.25, 0.3) is 11.8 Å². The zero-order chi connectivity index (χ0) is 20.8. The molecule has 0 saturated carbocycles. The molecule has 0 radical (unpaired) electrons. The Kier molecular flexibility index (Phi) is 6.15. The van der Waals surface area contributed by atoms with E-state index in [1.807, 2.05) is 12.1 Å². The van der Waals surface area contributed by atoms with Crippen molar-refractivity contribution in [1.82, 2.24) is 15.6 Å². The maximum absolute atomic E-state index is 12.5. The third-order valence-corrected chi connectivity index (χ3v) is 4.40. The van der Waals surface area contributed by atoms with E-state index in [4.69, 9.17) is 0 Å². The monoisotopic (exact) mass is 387 g/mol. The minimum atomic E-state index is -0.471. The van der Waals surface area contributed by atoms with Crippen LogP contribution in [-0.2, 0) is 4.79 Å². The van der Waals surface area contributed by atoms with Crippen molar-refractivity contribution in [3.05, 3.63) is 71.1 Å². The number of rotatable bonds is 5. The predicted molar refractivity (Wildman–Crippen MR) is 110 cm³/mol. The van der Waals surface area contributed by atoms with Gasteiger partial charge in [-0.05, 0) is 24.5 Å². The van der Waals surface area contributed by atoms with Crippen molar-refractivity contribution in [3.8, 4) is 6.07 Å². The van der Waals surface area contributed by atoms with Crippen LogP contribution in [0.2, 0.25) is 0 Å². The molecule has 0 atom stereocenters. The minimum absolute atomic E-state index is 0.0770. The number of pyridine rings is 1. The van der Waals surface area contributed by atoms with Gasteiger partial charge in [-0.15, -0.1) is 0 Å². The lowest BCUT2D eigenvalue weighted by Crippen LogP contribution is -2.30. The Bertz CT molecular complexity index is 1030. The van der Waals surface area contributed by atoms with Crippen molar-refractivity contribution in [2.45, 2.75) is 20.3 Å². The van der Waals surface area contributed by atoms with Gasteiger partial charge in [-0.25, -0.2) is 4.99 Å². The van der Waals surface area contributed by atoms with Crippen LogP contribution in [0.4, 0.5) is 0 Å². The number of hydrogen-bond donors (Lipinski definition) is 2. The molecule has 1 aliphatic rings. The predicted octanol–water partition coefficient (Wildman–Crippen LogP) is 2.67. The Balaban J connectivity index is 1.92. The molecule has 0 fully saturated rings. The van der Waals surface area contributed by atoms with E-state index < -0.39 is 5.91 Å². The summed E-state index contributed by atoms with van der Waals surface area (Å²) in [5, 5.41) is 15.1. The number of amides is 2. The summed E-state index contributed by atoms with van der Waals surface area (Å²) in [5.74, 6) is -0.102. The van der Waals surface area contributed by atoms with E-state index in [2.05, 4.69) is 34.5 Å². The zero-order valence-corrected chi connectivity index (χ0v) is 16.3. The first kappa shape index (κ1) is 20.0. The van der Waals surface area contributed by atoms with Crippen LogP contribution >= 0.6 is 0 Å². The third kappa shape index (κ3) is 4.55. The third-order valence-electron chi connectivity index (χ3n) is 4.40. The van der Waals surface area contributed by atoms with Crippen LogP contribution in [0.25, 0.3) is 5.70 Å². The van der Waals surface area contributed by atoms with Crippen molar-refractivity contribution in [3.63, 3.8) is 0 Å². The Hall–Kier alpha value is -3.79. The smallest absolute Gasteiger partial charge is 0.264 e. The van der Waals surface area contributed by atoms with Gasteiger partial charge in [0.05, 0.1) is 11.3 Å². The van der Waals surface area contributed by atoms with Gasteiger partial charge in [0.2, 0.25) is 0 Å². The quantitative estimate of drug-likeness (QED) is 0.607. The average Bonchev–Trinajstić information content (AvgIpc) is 3.07. The first-order chi connectivity index (χ1) is 14.0. The van der Waals surface area contributed by atoms with Crippen molar-refractivity contribution in [2.75, 3.05) is 6.54 Å². The number of benzene rings is 1. The summed E-state index contributed by atoms with van der Waals surface area (Å²) in [6, 6.07) is 12.4. The summed E-state index contributed by atoms with van der Waals surface area (Å²) in [5.41, 5.74) is 1.85. The second kappa shape index (κ2) is 8.93. The van der Waals surface area contributed by atoms with E-state index in [1.54, 1.807) is 36.5 Å². The van der Waals surface area contributed by atoms with Crippen LogP contribution in [0, 0.1) is 17.2 Å². The Morgan fingerprint density at radius 3 is 2.55 bits per heavy atom. The SMILES string of the molecule is CC(C)CCNC(=O)C(C#N)=C1N=C(NC(=O)c2cccnc2)c2ccccc21. The van der Waals surface area contributed by atoms with Gasteiger partial charge < -0.3 is 10.6 Å². The minimum Gasteiger partial charge on any atom is -0.351 e. The summed E-state index contributed by atoms with van der Waals surface area (Å²) in [4.78, 5) is 33.4. The fourth-order valence-corrected chi connectivity index (χ4v) is 2.87. The van der Waals surface area contributed by atoms with E-state index in [1.165, 1.54) is 6.20 Å². The number of nitrogens with one attached hydrogen (secondary N) is 2. The highest BCUT2D eigenvalue weighted by Crippen LogP contribution is 2.30. The number of aliphatic imine (C=N–C) groups is 1. The van der Waals surface area contributed by atoms with Crippen LogP contribution in [0.1, 0.15) is 41.8 Å². The fourth-order valence-electron chi connectivity index (χ4n) is 2.87. The van der Waals surface area contributed by atoms with Crippen molar-refractivity contribution >= 4 is 23.3 Å². The van der Waals surface area contributed by atoms with Gasteiger partial charge in [-0.1, -0.05) is 38.1 Å². The Morgan fingerprint density at radius 1 is 1.14 bits per heavy atom. The number of nitriles is 1. The van der Waals surface area contributed by atoms with Crippen LogP contribution < -0.4 is 10.6 Å². The van der Waals surface area contributed by atoms with Gasteiger partial charge in [0, 0.05) is 30.1 Å². The van der Waals surface area contributed by atoms with E-state index in [0.717, 1.165) is 6.42 Å². The zero-order valence-electron chi connectivity index (χ0n) is 16.3. The molecule has 0 bridgehead atoms. The second-order valence-corrected chi connectivity index (χ2v) is 6.98. The molecule has 0 unspecified atom stereocenters. The molecule has 1 aromatic carbocycles. The summed E-state index contributed by atoms with van der Waals surface area (Å²) < 4.78 is 0. The summed E-state index contributed by atoms with van der Waals surface area (Å²) in [7, 11) is 0. The highest BCUT2D eigenvalue weighted by Gasteiger charge is 2.27. The molecule has 0 spiro atoms. The average molecular weight is 387 g/mol. The standard InChI is InChI=1S/C22H21N5O2/c1-14(2)9-11-25-22(29)18(12-23)19-16-7-3-4-8-17(16)20(26-19)27-21(28)15-6-5-10-24-13-15/h3-8,10,13-14H,9,11H2,1-2H3,(H,25,29)(H,26,27,28). The normalized spacial score (nSPS) is 13.9. The molecule has 146 valence electrons.